The molecule has 0 aliphatic rings. The van der Waals surface area contributed by atoms with E-state index in [1.54, 1.807) is 12.3 Å². The second kappa shape index (κ2) is 4.76. The Bertz CT molecular complexity index is 473. The molecule has 0 spiro atoms. The Kier molecular flexibility index (Phi) is 3.36. The lowest BCUT2D eigenvalue weighted by atomic mass is 10.3. The number of benzene rings is 1. The molecule has 16 heavy (non-hydrogen) atoms. The Labute approximate surface area is 104 Å². The molecule has 2 rings (SSSR count). The van der Waals surface area contributed by atoms with E-state index in [4.69, 9.17) is 23.2 Å². The second-order valence-electron chi connectivity index (χ2n) is 3.46. The molecule has 5 heteroatoms. The minimum absolute atomic E-state index is 0.625. The summed E-state index contributed by atoms with van der Waals surface area (Å²) in [6.45, 7) is 0.688. The maximum atomic E-state index is 5.90. The van der Waals surface area contributed by atoms with E-state index in [0.29, 0.717) is 16.6 Å². The van der Waals surface area contributed by atoms with Crippen molar-refractivity contribution < 1.29 is 0 Å². The lowest BCUT2D eigenvalue weighted by Gasteiger charge is -2.07. The van der Waals surface area contributed by atoms with E-state index in [2.05, 4.69) is 10.4 Å². The van der Waals surface area contributed by atoms with E-state index in [9.17, 15) is 0 Å². The number of hydrogen-bond donors (Lipinski definition) is 1. The van der Waals surface area contributed by atoms with Crippen LogP contribution < -0.4 is 5.32 Å². The fourth-order valence-corrected chi connectivity index (χ4v) is 1.95. The number of rotatable bonds is 3. The van der Waals surface area contributed by atoms with E-state index in [1.807, 2.05) is 29.9 Å². The first-order chi connectivity index (χ1) is 7.65. The van der Waals surface area contributed by atoms with Gasteiger partial charge in [-0.25, -0.2) is 0 Å². The molecule has 1 heterocycles. The van der Waals surface area contributed by atoms with Crippen LogP contribution in [-0.4, -0.2) is 9.78 Å². The van der Waals surface area contributed by atoms with Crippen molar-refractivity contribution in [1.29, 1.82) is 0 Å². The molecular formula is C11H11Cl2N3. The van der Waals surface area contributed by atoms with Crippen molar-refractivity contribution in [3.05, 3.63) is 46.2 Å². The van der Waals surface area contributed by atoms with Gasteiger partial charge in [0.2, 0.25) is 0 Å². The second-order valence-corrected chi connectivity index (χ2v) is 4.33. The highest BCUT2D eigenvalue weighted by molar-refractivity contribution is 6.35. The third-order valence-electron chi connectivity index (χ3n) is 2.26. The summed E-state index contributed by atoms with van der Waals surface area (Å²) in [5.74, 6) is 0. The summed E-state index contributed by atoms with van der Waals surface area (Å²) in [6.07, 6.45) is 1.77. The van der Waals surface area contributed by atoms with Crippen LogP contribution in [0.3, 0.4) is 0 Å². The van der Waals surface area contributed by atoms with Crippen LogP contribution in [0.4, 0.5) is 5.69 Å². The standard InChI is InChI=1S/C11H11Cl2N3/c1-16-11(2-3-15-16)7-14-10-5-8(12)4-9(13)6-10/h2-6,14H,7H2,1H3. The van der Waals surface area contributed by atoms with Crippen molar-refractivity contribution in [1.82, 2.24) is 9.78 Å². The first kappa shape index (κ1) is 11.3. The first-order valence-corrected chi connectivity index (χ1v) is 5.57. The van der Waals surface area contributed by atoms with Crippen LogP contribution in [-0.2, 0) is 13.6 Å². The molecular weight excluding hydrogens is 245 g/mol. The van der Waals surface area contributed by atoms with Crippen LogP contribution in [0.5, 0.6) is 0 Å². The van der Waals surface area contributed by atoms with Crippen LogP contribution in [0.25, 0.3) is 0 Å². The summed E-state index contributed by atoms with van der Waals surface area (Å²) >= 11 is 11.8. The van der Waals surface area contributed by atoms with Gasteiger partial charge in [0.15, 0.2) is 0 Å². The van der Waals surface area contributed by atoms with Gasteiger partial charge in [0.25, 0.3) is 0 Å². The van der Waals surface area contributed by atoms with Crippen molar-refractivity contribution in [3.8, 4) is 0 Å². The Morgan fingerprint density at radius 1 is 1.25 bits per heavy atom. The predicted molar refractivity (Wildman–Crippen MR) is 67.0 cm³/mol. The molecule has 0 atom stereocenters. The number of aryl methyl sites for hydroxylation is 1. The third-order valence-corrected chi connectivity index (χ3v) is 2.70. The molecule has 1 aromatic heterocycles. The van der Waals surface area contributed by atoms with Crippen molar-refractivity contribution >= 4 is 28.9 Å². The van der Waals surface area contributed by atoms with Gasteiger partial charge in [0.05, 0.1) is 12.2 Å². The maximum Gasteiger partial charge on any atom is 0.0571 e. The van der Waals surface area contributed by atoms with E-state index >= 15 is 0 Å². The normalized spacial score (nSPS) is 10.4. The van der Waals surface area contributed by atoms with Gasteiger partial charge >= 0.3 is 0 Å². The molecule has 1 aromatic carbocycles. The van der Waals surface area contributed by atoms with Crippen LogP contribution in [0.2, 0.25) is 10.0 Å². The molecule has 0 amide bonds. The summed E-state index contributed by atoms with van der Waals surface area (Å²) in [5.41, 5.74) is 2.00. The van der Waals surface area contributed by atoms with Crippen molar-refractivity contribution in [2.45, 2.75) is 6.54 Å². The highest BCUT2D eigenvalue weighted by Gasteiger charge is 2.00. The van der Waals surface area contributed by atoms with Crippen molar-refractivity contribution in [2.24, 2.45) is 7.05 Å². The maximum absolute atomic E-state index is 5.90. The molecule has 3 nitrogen and oxygen atoms in total. The molecule has 0 saturated carbocycles. The minimum Gasteiger partial charge on any atom is -0.379 e. The monoisotopic (exact) mass is 255 g/mol. The van der Waals surface area contributed by atoms with Gasteiger partial charge in [-0.15, -0.1) is 0 Å². The van der Waals surface area contributed by atoms with E-state index in [0.717, 1.165) is 11.4 Å². The first-order valence-electron chi connectivity index (χ1n) is 4.82. The van der Waals surface area contributed by atoms with Gasteiger partial charge in [0, 0.05) is 29.0 Å². The molecule has 1 N–H and O–H groups in total. The number of anilines is 1. The van der Waals surface area contributed by atoms with Crippen LogP contribution >= 0.6 is 23.2 Å². The molecule has 0 aliphatic heterocycles. The van der Waals surface area contributed by atoms with Gasteiger partial charge in [-0.2, -0.15) is 5.10 Å². The molecule has 0 radical (unpaired) electrons. The van der Waals surface area contributed by atoms with E-state index in [-0.39, 0.29) is 0 Å². The van der Waals surface area contributed by atoms with Gasteiger partial charge in [0.1, 0.15) is 0 Å². The number of hydrogen-bond acceptors (Lipinski definition) is 2. The molecule has 0 fully saturated rings. The smallest absolute Gasteiger partial charge is 0.0571 e. The number of aromatic nitrogens is 2. The highest BCUT2D eigenvalue weighted by Crippen LogP contribution is 2.22. The Balaban J connectivity index is 2.07. The zero-order chi connectivity index (χ0) is 11.5. The van der Waals surface area contributed by atoms with Crippen LogP contribution in [0.1, 0.15) is 5.69 Å². The zero-order valence-electron chi connectivity index (χ0n) is 8.74. The summed E-state index contributed by atoms with van der Waals surface area (Å²) < 4.78 is 1.82. The molecule has 0 unspecified atom stereocenters. The minimum atomic E-state index is 0.625. The average Bonchev–Trinajstić information content (AvgIpc) is 2.59. The molecule has 0 saturated heterocycles. The number of halogens is 2. The molecule has 0 aliphatic carbocycles. The van der Waals surface area contributed by atoms with Crippen LogP contribution in [0.15, 0.2) is 30.5 Å². The zero-order valence-corrected chi connectivity index (χ0v) is 10.3. The topological polar surface area (TPSA) is 29.9 Å². The van der Waals surface area contributed by atoms with E-state index < -0.39 is 0 Å². The fraction of sp³-hybridized carbons (Fsp3) is 0.182. The summed E-state index contributed by atoms with van der Waals surface area (Å²) in [6, 6.07) is 7.34. The number of nitrogens with zero attached hydrogens (tertiary/aromatic N) is 2. The Morgan fingerprint density at radius 3 is 2.50 bits per heavy atom. The third kappa shape index (κ3) is 2.68. The fourth-order valence-electron chi connectivity index (χ4n) is 1.42. The van der Waals surface area contributed by atoms with Crippen molar-refractivity contribution in [3.63, 3.8) is 0 Å². The highest BCUT2D eigenvalue weighted by atomic mass is 35.5. The number of nitrogens with one attached hydrogen (secondary N) is 1. The summed E-state index contributed by atoms with van der Waals surface area (Å²) in [5, 5.41) is 8.58. The van der Waals surface area contributed by atoms with Gasteiger partial charge < -0.3 is 5.32 Å². The molecule has 2 aromatic rings. The molecule has 0 bridgehead atoms. The molecule has 84 valence electrons. The largest absolute Gasteiger partial charge is 0.379 e. The lowest BCUT2D eigenvalue weighted by molar-refractivity contribution is 0.720. The van der Waals surface area contributed by atoms with E-state index in [1.165, 1.54) is 0 Å². The summed E-state index contributed by atoms with van der Waals surface area (Å²) in [7, 11) is 1.90. The van der Waals surface area contributed by atoms with Gasteiger partial charge in [-0.05, 0) is 24.3 Å². The van der Waals surface area contributed by atoms with Gasteiger partial charge in [-0.3, -0.25) is 4.68 Å². The van der Waals surface area contributed by atoms with Crippen LogP contribution in [0, 0.1) is 0 Å². The van der Waals surface area contributed by atoms with Gasteiger partial charge in [-0.1, -0.05) is 23.2 Å². The lowest BCUT2D eigenvalue weighted by Crippen LogP contribution is -2.05. The summed E-state index contributed by atoms with van der Waals surface area (Å²) in [4.78, 5) is 0. The Morgan fingerprint density at radius 2 is 1.94 bits per heavy atom. The Hall–Kier alpha value is -1.19. The SMILES string of the molecule is Cn1nccc1CNc1cc(Cl)cc(Cl)c1. The predicted octanol–water partition coefficient (Wildman–Crippen LogP) is 3.34. The average molecular weight is 256 g/mol. The van der Waals surface area contributed by atoms with Crippen molar-refractivity contribution in [2.75, 3.05) is 5.32 Å². The quantitative estimate of drug-likeness (QED) is 0.912.